The molecule has 4 N–H and O–H groups in total. The Morgan fingerprint density at radius 1 is 1.44 bits per heavy atom. The summed E-state index contributed by atoms with van der Waals surface area (Å²) in [6.45, 7) is 0.613. The van der Waals surface area contributed by atoms with E-state index in [-0.39, 0.29) is 0 Å². The molecule has 7 nitrogen and oxygen atoms in total. The van der Waals surface area contributed by atoms with Crippen molar-refractivity contribution in [3.05, 3.63) is 30.2 Å². The van der Waals surface area contributed by atoms with E-state index in [1.807, 2.05) is 19.3 Å². The number of rotatable bonds is 4. The first-order chi connectivity index (χ1) is 7.78. The molecule has 2 aromatic heterocycles. The first-order valence-corrected chi connectivity index (χ1v) is 4.80. The molecule has 0 spiro atoms. The fourth-order valence-corrected chi connectivity index (χ4v) is 1.27. The topological polar surface area (TPSA) is 93.7 Å². The third kappa shape index (κ3) is 2.45. The summed E-state index contributed by atoms with van der Waals surface area (Å²) < 4.78 is 1.75. The van der Waals surface area contributed by atoms with Crippen LogP contribution < -0.4 is 16.6 Å². The van der Waals surface area contributed by atoms with E-state index in [9.17, 15) is 0 Å². The lowest BCUT2D eigenvalue weighted by Gasteiger charge is -2.04. The summed E-state index contributed by atoms with van der Waals surface area (Å²) >= 11 is 0. The molecule has 0 atom stereocenters. The van der Waals surface area contributed by atoms with Crippen molar-refractivity contribution < 1.29 is 0 Å². The third-order valence-corrected chi connectivity index (χ3v) is 2.00. The fourth-order valence-electron chi connectivity index (χ4n) is 1.27. The lowest BCUT2D eigenvalue weighted by atomic mass is 10.4. The van der Waals surface area contributed by atoms with Gasteiger partial charge in [-0.25, -0.2) is 10.8 Å². The lowest BCUT2D eigenvalue weighted by molar-refractivity contribution is 0.747. The number of hydrogen-bond acceptors (Lipinski definition) is 6. The predicted molar refractivity (Wildman–Crippen MR) is 60.4 cm³/mol. The lowest BCUT2D eigenvalue weighted by Crippen LogP contribution is -2.11. The maximum absolute atomic E-state index is 5.21. The SMILES string of the molecule is Cn1ccc(CNc2ccnc(NN)n2)n1. The van der Waals surface area contributed by atoms with Crippen molar-refractivity contribution in [1.82, 2.24) is 19.7 Å². The van der Waals surface area contributed by atoms with Crippen LogP contribution in [0.25, 0.3) is 0 Å². The van der Waals surface area contributed by atoms with Gasteiger partial charge < -0.3 is 5.32 Å². The van der Waals surface area contributed by atoms with E-state index in [1.165, 1.54) is 0 Å². The Balaban J connectivity index is 1.99. The Morgan fingerprint density at radius 3 is 3.00 bits per heavy atom. The maximum atomic E-state index is 5.21. The molecule has 0 unspecified atom stereocenters. The van der Waals surface area contributed by atoms with E-state index < -0.39 is 0 Å². The van der Waals surface area contributed by atoms with E-state index in [2.05, 4.69) is 25.8 Å². The van der Waals surface area contributed by atoms with Gasteiger partial charge in [0, 0.05) is 19.4 Å². The minimum Gasteiger partial charge on any atom is -0.364 e. The molecule has 0 aliphatic carbocycles. The number of aryl methyl sites for hydroxylation is 1. The summed E-state index contributed by atoms with van der Waals surface area (Å²) in [5.74, 6) is 6.29. The Morgan fingerprint density at radius 2 is 2.31 bits per heavy atom. The summed E-state index contributed by atoms with van der Waals surface area (Å²) in [6.07, 6.45) is 3.52. The van der Waals surface area contributed by atoms with Crippen molar-refractivity contribution in [3.8, 4) is 0 Å². The van der Waals surface area contributed by atoms with Gasteiger partial charge in [0.2, 0.25) is 5.95 Å². The highest BCUT2D eigenvalue weighted by atomic mass is 15.3. The van der Waals surface area contributed by atoms with Crippen molar-refractivity contribution in [2.24, 2.45) is 12.9 Å². The van der Waals surface area contributed by atoms with Crippen molar-refractivity contribution in [1.29, 1.82) is 0 Å². The molecule has 0 amide bonds. The second kappa shape index (κ2) is 4.58. The quantitative estimate of drug-likeness (QED) is 0.499. The molecule has 0 saturated heterocycles. The van der Waals surface area contributed by atoms with Crippen LogP contribution >= 0.6 is 0 Å². The van der Waals surface area contributed by atoms with Crippen LogP contribution in [0.3, 0.4) is 0 Å². The zero-order chi connectivity index (χ0) is 11.4. The molecular weight excluding hydrogens is 206 g/mol. The fraction of sp³-hybridized carbons (Fsp3) is 0.222. The molecule has 0 aliphatic heterocycles. The number of aromatic nitrogens is 4. The van der Waals surface area contributed by atoms with E-state index in [0.717, 1.165) is 5.69 Å². The zero-order valence-electron chi connectivity index (χ0n) is 8.88. The minimum atomic E-state index is 0.381. The average molecular weight is 219 g/mol. The number of nitrogens with zero attached hydrogens (tertiary/aromatic N) is 4. The van der Waals surface area contributed by atoms with Gasteiger partial charge in [0.1, 0.15) is 5.82 Å². The molecule has 0 saturated carbocycles. The minimum absolute atomic E-state index is 0.381. The predicted octanol–water partition coefficient (Wildman–Crippen LogP) is 0.108. The van der Waals surface area contributed by atoms with Gasteiger partial charge in [-0.2, -0.15) is 10.1 Å². The summed E-state index contributed by atoms with van der Waals surface area (Å²) in [7, 11) is 1.88. The van der Waals surface area contributed by atoms with Gasteiger partial charge in [0.05, 0.1) is 12.2 Å². The number of anilines is 2. The normalized spacial score (nSPS) is 10.1. The van der Waals surface area contributed by atoms with Crippen molar-refractivity contribution >= 4 is 11.8 Å². The third-order valence-electron chi connectivity index (χ3n) is 2.00. The monoisotopic (exact) mass is 219 g/mol. The molecule has 2 rings (SSSR count). The largest absolute Gasteiger partial charge is 0.364 e. The van der Waals surface area contributed by atoms with Gasteiger partial charge in [-0.1, -0.05) is 0 Å². The first kappa shape index (κ1) is 10.4. The van der Waals surface area contributed by atoms with Crippen LogP contribution in [-0.2, 0) is 13.6 Å². The molecule has 84 valence electrons. The molecule has 0 aliphatic rings. The summed E-state index contributed by atoms with van der Waals surface area (Å²) in [6, 6.07) is 3.71. The van der Waals surface area contributed by atoms with Crippen molar-refractivity contribution in [2.75, 3.05) is 10.7 Å². The van der Waals surface area contributed by atoms with Crippen LogP contribution in [0.15, 0.2) is 24.5 Å². The van der Waals surface area contributed by atoms with Crippen LogP contribution in [-0.4, -0.2) is 19.7 Å². The zero-order valence-corrected chi connectivity index (χ0v) is 8.88. The van der Waals surface area contributed by atoms with Gasteiger partial charge in [0.15, 0.2) is 0 Å². The van der Waals surface area contributed by atoms with Gasteiger partial charge in [-0.15, -0.1) is 0 Å². The smallest absolute Gasteiger partial charge is 0.239 e. The van der Waals surface area contributed by atoms with E-state index in [4.69, 9.17) is 5.84 Å². The number of nitrogen functional groups attached to an aromatic ring is 1. The number of hydrazine groups is 1. The van der Waals surface area contributed by atoms with Gasteiger partial charge in [-0.05, 0) is 12.1 Å². The second-order valence-electron chi connectivity index (χ2n) is 3.24. The maximum Gasteiger partial charge on any atom is 0.239 e. The first-order valence-electron chi connectivity index (χ1n) is 4.80. The van der Waals surface area contributed by atoms with Crippen LogP contribution in [0.5, 0.6) is 0 Å². The van der Waals surface area contributed by atoms with Gasteiger partial charge in [0.25, 0.3) is 0 Å². The molecule has 0 fully saturated rings. The van der Waals surface area contributed by atoms with E-state index in [1.54, 1.807) is 16.9 Å². The highest BCUT2D eigenvalue weighted by Gasteiger charge is 1.99. The summed E-state index contributed by atoms with van der Waals surface area (Å²) in [5.41, 5.74) is 3.34. The van der Waals surface area contributed by atoms with Gasteiger partial charge in [-0.3, -0.25) is 10.1 Å². The number of nitrogens with two attached hydrogens (primary N) is 1. The summed E-state index contributed by atoms with van der Waals surface area (Å²) in [5, 5.41) is 7.37. The standard InChI is InChI=1S/C9H13N7/c1-16-5-3-7(15-16)6-12-8-2-4-11-9(13-8)14-10/h2-5H,6,10H2,1H3,(H2,11,12,13,14). The molecule has 7 heteroatoms. The van der Waals surface area contributed by atoms with Crippen LogP contribution in [0.2, 0.25) is 0 Å². The van der Waals surface area contributed by atoms with Crippen LogP contribution in [0.4, 0.5) is 11.8 Å². The van der Waals surface area contributed by atoms with Gasteiger partial charge >= 0.3 is 0 Å². The highest BCUT2D eigenvalue weighted by Crippen LogP contribution is 2.06. The van der Waals surface area contributed by atoms with E-state index in [0.29, 0.717) is 18.3 Å². The van der Waals surface area contributed by atoms with Crippen LogP contribution in [0, 0.1) is 0 Å². The Kier molecular flexibility index (Phi) is 2.97. The molecule has 0 bridgehead atoms. The molecule has 16 heavy (non-hydrogen) atoms. The second-order valence-corrected chi connectivity index (χ2v) is 3.24. The molecular formula is C9H13N7. The Labute approximate surface area is 92.7 Å². The molecule has 2 aromatic rings. The Hall–Kier alpha value is -2.15. The molecule has 0 radical (unpaired) electrons. The van der Waals surface area contributed by atoms with Crippen molar-refractivity contribution in [3.63, 3.8) is 0 Å². The summed E-state index contributed by atoms with van der Waals surface area (Å²) in [4.78, 5) is 8.03. The van der Waals surface area contributed by atoms with E-state index >= 15 is 0 Å². The molecule has 2 heterocycles. The average Bonchev–Trinajstić information content (AvgIpc) is 2.73. The Bertz CT molecular complexity index is 464. The van der Waals surface area contributed by atoms with Crippen LogP contribution in [0.1, 0.15) is 5.69 Å². The number of hydrogen-bond donors (Lipinski definition) is 3. The number of nitrogens with one attached hydrogen (secondary N) is 2. The molecule has 0 aromatic carbocycles. The van der Waals surface area contributed by atoms with Crippen molar-refractivity contribution in [2.45, 2.75) is 6.54 Å². The highest BCUT2D eigenvalue weighted by molar-refractivity contribution is 5.39.